The van der Waals surface area contributed by atoms with Crippen molar-refractivity contribution in [3.63, 3.8) is 0 Å². The smallest absolute Gasteiger partial charge is 0.550 e. The monoisotopic (exact) mass is 379 g/mol. The summed E-state index contributed by atoms with van der Waals surface area (Å²) in [5.74, 6) is -2.86. The molecular weight excluding hydrogens is 361 g/mol. The van der Waals surface area contributed by atoms with E-state index in [1.165, 1.54) is 24.3 Å². The molecule has 0 spiro atoms. The van der Waals surface area contributed by atoms with Crippen LogP contribution in [0.15, 0.2) is 29.2 Å². The van der Waals surface area contributed by atoms with Crippen molar-refractivity contribution < 1.29 is 57.5 Å². The quantitative estimate of drug-likeness (QED) is 0.235. The summed E-state index contributed by atoms with van der Waals surface area (Å²) in [5, 5.41) is 19.9. The number of unbranched alkanes of at least 4 members (excludes halogenated alkanes) is 2. The summed E-state index contributed by atoms with van der Waals surface area (Å²) in [5.41, 5.74) is 0.247. The Kier molecular flexibility index (Phi) is 10.6. The zero-order valence-corrected chi connectivity index (χ0v) is 16.6. The summed E-state index contributed by atoms with van der Waals surface area (Å²) in [6.45, 7) is 0.240. The van der Waals surface area contributed by atoms with Crippen LogP contribution in [-0.2, 0) is 24.4 Å². The molecule has 1 rings (SSSR count). The van der Waals surface area contributed by atoms with E-state index in [0.717, 1.165) is 0 Å². The van der Waals surface area contributed by atoms with Gasteiger partial charge in [0, 0.05) is 18.2 Å². The Balaban J connectivity index is 0.00000576. The van der Waals surface area contributed by atoms with Crippen LogP contribution in [0.4, 0.5) is 5.69 Å². The predicted octanol–water partition coefficient (Wildman–Crippen LogP) is -4.30. The van der Waals surface area contributed by atoms with Crippen LogP contribution >= 0.6 is 0 Å². The molecule has 2 amide bonds. The van der Waals surface area contributed by atoms with Crippen molar-refractivity contribution in [3.05, 3.63) is 24.3 Å². The molecule has 0 heterocycles. The first-order valence-corrected chi connectivity index (χ1v) is 8.66. The van der Waals surface area contributed by atoms with Crippen LogP contribution in [0, 0.1) is 0 Å². The normalized spacial score (nSPS) is 10.4. The number of anilines is 1. The summed E-state index contributed by atoms with van der Waals surface area (Å²) in [7, 11) is -3.82. The Bertz CT molecular complexity index is 706. The Hall–Kier alpha value is -1.46. The molecule has 1 aromatic rings. The van der Waals surface area contributed by atoms with Crippen molar-refractivity contribution in [3.8, 4) is 0 Å². The summed E-state index contributed by atoms with van der Waals surface area (Å²) in [6, 6.07) is 5.04. The Morgan fingerprint density at radius 3 is 2.12 bits per heavy atom. The molecule has 0 aliphatic rings. The molecule has 0 saturated carbocycles. The van der Waals surface area contributed by atoms with Gasteiger partial charge >= 0.3 is 41.4 Å². The van der Waals surface area contributed by atoms with Crippen LogP contribution in [0.2, 0.25) is 0 Å². The van der Waals surface area contributed by atoms with Gasteiger partial charge < -0.3 is 20.5 Å². The molecular formula is C14H18N3NaO6S. The van der Waals surface area contributed by atoms with E-state index in [1.54, 1.807) is 0 Å². The van der Waals surface area contributed by atoms with E-state index in [-0.39, 0.29) is 53.1 Å². The van der Waals surface area contributed by atoms with Gasteiger partial charge in [-0.2, -0.15) is 0 Å². The number of carboxylic acid groups (broad SMARTS) is 1. The van der Waals surface area contributed by atoms with Gasteiger partial charge in [0.25, 0.3) is 0 Å². The molecule has 25 heavy (non-hydrogen) atoms. The number of rotatable bonds is 8. The van der Waals surface area contributed by atoms with E-state index in [1.807, 2.05) is 0 Å². The van der Waals surface area contributed by atoms with Crippen molar-refractivity contribution in [2.45, 2.75) is 30.6 Å². The van der Waals surface area contributed by atoms with E-state index in [2.05, 4.69) is 10.6 Å². The van der Waals surface area contributed by atoms with E-state index in [0.29, 0.717) is 19.3 Å². The molecule has 132 valence electrons. The van der Waals surface area contributed by atoms with Crippen LogP contribution in [0.3, 0.4) is 0 Å². The number of nitrogens with two attached hydrogens (primary N) is 1. The van der Waals surface area contributed by atoms with E-state index in [9.17, 15) is 27.9 Å². The van der Waals surface area contributed by atoms with Gasteiger partial charge in [0.1, 0.15) is 0 Å². The maximum atomic E-state index is 11.7. The third-order valence-corrected chi connectivity index (χ3v) is 3.92. The van der Waals surface area contributed by atoms with E-state index in [4.69, 9.17) is 5.14 Å². The van der Waals surface area contributed by atoms with Crippen LogP contribution in [0.1, 0.15) is 25.7 Å². The Labute approximate surface area is 167 Å². The minimum atomic E-state index is -3.82. The number of hydrogen-bond donors (Lipinski definition) is 3. The van der Waals surface area contributed by atoms with Crippen LogP contribution in [0.25, 0.3) is 0 Å². The van der Waals surface area contributed by atoms with Crippen LogP contribution in [0.5, 0.6) is 0 Å². The summed E-state index contributed by atoms with van der Waals surface area (Å²) in [4.78, 5) is 33.3. The molecule has 4 N–H and O–H groups in total. The minimum Gasteiger partial charge on any atom is -0.550 e. The van der Waals surface area contributed by atoms with E-state index < -0.39 is 27.8 Å². The molecule has 11 heteroatoms. The fraction of sp³-hybridized carbons (Fsp3) is 0.357. The number of carbonyl (C=O) groups excluding carboxylic acids is 3. The zero-order chi connectivity index (χ0) is 18.2. The summed E-state index contributed by atoms with van der Waals surface area (Å²) < 4.78 is 22.2. The molecule has 0 fully saturated rings. The average molecular weight is 379 g/mol. The van der Waals surface area contributed by atoms with Crippen LogP contribution < -0.4 is 50.4 Å². The van der Waals surface area contributed by atoms with Gasteiger partial charge in [-0.05, 0) is 43.5 Å². The molecule has 0 aliphatic carbocycles. The second-order valence-electron chi connectivity index (χ2n) is 4.96. The number of benzene rings is 1. The molecule has 9 nitrogen and oxygen atoms in total. The largest absolute Gasteiger partial charge is 1.00 e. The fourth-order valence-electron chi connectivity index (χ4n) is 1.77. The second kappa shape index (κ2) is 11.2. The number of nitrogens with one attached hydrogen (secondary N) is 2. The number of hydrogen-bond acceptors (Lipinski definition) is 6. The van der Waals surface area contributed by atoms with E-state index >= 15 is 0 Å². The molecule has 0 unspecified atom stereocenters. The number of carbonyl (C=O) groups is 3. The van der Waals surface area contributed by atoms with Gasteiger partial charge in [-0.15, -0.1) is 0 Å². The molecule has 0 atom stereocenters. The maximum Gasteiger partial charge on any atom is 1.00 e. The number of primary sulfonamides is 1. The summed E-state index contributed by atoms with van der Waals surface area (Å²) >= 11 is 0. The van der Waals surface area contributed by atoms with Gasteiger partial charge in [-0.1, -0.05) is 6.42 Å². The Morgan fingerprint density at radius 2 is 1.60 bits per heavy atom. The first-order valence-electron chi connectivity index (χ1n) is 7.12. The van der Waals surface area contributed by atoms with Gasteiger partial charge in [-0.3, -0.25) is 9.59 Å². The number of aliphatic carboxylic acids is 1. The second-order valence-corrected chi connectivity index (χ2v) is 6.52. The SMILES string of the molecule is NS(=O)(=O)c1ccc(NC(=O)C(=O)NCCCCCC(=O)[O-])cc1.[Na+]. The Morgan fingerprint density at radius 1 is 1.00 bits per heavy atom. The first kappa shape index (κ1) is 23.5. The molecule has 0 radical (unpaired) electrons. The topological polar surface area (TPSA) is 158 Å². The maximum absolute atomic E-state index is 11.7. The molecule has 0 aliphatic heterocycles. The third-order valence-electron chi connectivity index (χ3n) is 2.99. The van der Waals surface area contributed by atoms with Crippen LogP contribution in [-0.4, -0.2) is 32.7 Å². The van der Waals surface area contributed by atoms with Gasteiger partial charge in [-0.25, -0.2) is 13.6 Å². The third kappa shape index (κ3) is 9.56. The standard InChI is InChI=1S/C14H19N3O6S.Na/c15-24(22,23)11-7-5-10(6-8-11)17-14(21)13(20)16-9-3-1-2-4-12(18)19;/h5-8H,1-4,9H2,(H,16,20)(H,17,21)(H,18,19)(H2,15,22,23);/q;+1/p-1. The first-order chi connectivity index (χ1) is 11.2. The van der Waals surface area contributed by atoms with Crippen molar-refractivity contribution in [2.24, 2.45) is 5.14 Å². The zero-order valence-electron chi connectivity index (χ0n) is 13.8. The molecule has 0 bridgehead atoms. The minimum absolute atomic E-state index is 0. The molecule has 0 saturated heterocycles. The van der Waals surface area contributed by atoms with Crippen molar-refractivity contribution >= 4 is 33.5 Å². The van der Waals surface area contributed by atoms with Gasteiger partial charge in [0.2, 0.25) is 10.0 Å². The van der Waals surface area contributed by atoms with Crippen molar-refractivity contribution in [1.29, 1.82) is 0 Å². The average Bonchev–Trinajstić information content (AvgIpc) is 2.49. The van der Waals surface area contributed by atoms with Crippen molar-refractivity contribution in [1.82, 2.24) is 5.32 Å². The molecule has 0 aromatic heterocycles. The summed E-state index contributed by atoms with van der Waals surface area (Å²) in [6.07, 6.45) is 1.53. The van der Waals surface area contributed by atoms with Crippen molar-refractivity contribution in [2.75, 3.05) is 11.9 Å². The number of sulfonamides is 1. The molecule has 1 aromatic carbocycles. The van der Waals surface area contributed by atoms with Gasteiger partial charge in [0.05, 0.1) is 4.90 Å². The fourth-order valence-corrected chi connectivity index (χ4v) is 2.28. The number of carboxylic acids is 1. The predicted molar refractivity (Wildman–Crippen MR) is 82.9 cm³/mol. The van der Waals surface area contributed by atoms with Gasteiger partial charge in [0.15, 0.2) is 0 Å². The number of amides is 2.